The van der Waals surface area contributed by atoms with Crippen LogP contribution in [0.2, 0.25) is 0 Å². The van der Waals surface area contributed by atoms with Crippen molar-refractivity contribution in [1.29, 1.82) is 5.26 Å². The lowest BCUT2D eigenvalue weighted by Crippen LogP contribution is -2.42. The first-order valence-electron chi connectivity index (χ1n) is 12.0. The topological polar surface area (TPSA) is 138 Å². The molecular formula is C27H24FN7O2S2. The summed E-state index contributed by atoms with van der Waals surface area (Å²) < 4.78 is 13.6. The van der Waals surface area contributed by atoms with Crippen molar-refractivity contribution in [3.8, 4) is 6.07 Å². The fourth-order valence-electron chi connectivity index (χ4n) is 4.82. The molecule has 0 fully saturated rings. The maximum absolute atomic E-state index is 13.5. The Bertz CT molecular complexity index is 1540. The highest BCUT2D eigenvalue weighted by Crippen LogP contribution is 2.50. The van der Waals surface area contributed by atoms with Crippen LogP contribution in [0.3, 0.4) is 0 Å². The molecule has 2 aliphatic rings. The SMILES string of the molecule is CC1(C)CC(=O)C2=C(C1)N(c1nnc(SCC(=O)Nc3ccc(F)cc3)s1)C(N)=C(C#N)C2c1cccnc1. The van der Waals surface area contributed by atoms with Crippen molar-refractivity contribution in [2.24, 2.45) is 11.1 Å². The summed E-state index contributed by atoms with van der Waals surface area (Å²) in [7, 11) is 0. The van der Waals surface area contributed by atoms with Crippen LogP contribution in [0.1, 0.15) is 38.2 Å². The fourth-order valence-corrected chi connectivity index (χ4v) is 6.50. The number of nitrogens with two attached hydrogens (primary N) is 1. The number of carbonyl (C=O) groups excluding carboxylic acids is 2. The Kier molecular flexibility index (Phi) is 7.20. The van der Waals surface area contributed by atoms with E-state index in [0.29, 0.717) is 39.3 Å². The van der Waals surface area contributed by atoms with Crippen LogP contribution >= 0.6 is 23.1 Å². The van der Waals surface area contributed by atoms with Crippen molar-refractivity contribution in [2.75, 3.05) is 16.0 Å². The summed E-state index contributed by atoms with van der Waals surface area (Å²) in [6.45, 7) is 4.04. The number of anilines is 2. The Morgan fingerprint density at radius 1 is 1.28 bits per heavy atom. The van der Waals surface area contributed by atoms with E-state index in [-0.39, 0.29) is 40.1 Å². The van der Waals surface area contributed by atoms with Gasteiger partial charge >= 0.3 is 0 Å². The molecule has 39 heavy (non-hydrogen) atoms. The Hall–Kier alpha value is -4.08. The molecule has 2 aromatic heterocycles. The van der Waals surface area contributed by atoms with Crippen LogP contribution < -0.4 is 16.0 Å². The van der Waals surface area contributed by atoms with Crippen LogP contribution in [0.15, 0.2) is 75.8 Å². The van der Waals surface area contributed by atoms with Gasteiger partial charge in [0.2, 0.25) is 11.0 Å². The van der Waals surface area contributed by atoms with Crippen LogP contribution in [-0.2, 0) is 9.59 Å². The number of benzene rings is 1. The smallest absolute Gasteiger partial charge is 0.234 e. The number of amides is 1. The number of Topliss-reactive ketones (excluding diaryl/α,β-unsaturated/α-hetero) is 1. The van der Waals surface area contributed by atoms with Gasteiger partial charge in [0, 0.05) is 35.8 Å². The Labute approximate surface area is 232 Å². The monoisotopic (exact) mass is 561 g/mol. The average molecular weight is 562 g/mol. The number of allylic oxidation sites excluding steroid dienone is 3. The molecule has 0 bridgehead atoms. The third kappa shape index (κ3) is 5.41. The molecule has 5 rings (SSSR count). The lowest BCUT2D eigenvalue weighted by atomic mass is 9.69. The molecule has 3 heterocycles. The van der Waals surface area contributed by atoms with Crippen molar-refractivity contribution in [3.05, 3.63) is 82.8 Å². The highest BCUT2D eigenvalue weighted by atomic mass is 32.2. The van der Waals surface area contributed by atoms with E-state index in [4.69, 9.17) is 5.73 Å². The number of hydrogen-bond donors (Lipinski definition) is 2. The molecule has 12 heteroatoms. The predicted octanol–water partition coefficient (Wildman–Crippen LogP) is 4.74. The van der Waals surface area contributed by atoms with Crippen molar-refractivity contribution >= 4 is 45.6 Å². The lowest BCUT2D eigenvalue weighted by Gasteiger charge is -2.42. The molecule has 0 radical (unpaired) electrons. The summed E-state index contributed by atoms with van der Waals surface area (Å²) in [5.41, 5.74) is 8.98. The zero-order chi connectivity index (χ0) is 27.7. The standard InChI is InChI=1S/C27H24FN7O2S2/c1-27(2)10-19-23(20(36)11-27)22(15-4-3-9-31-13-15)18(12-29)24(30)35(19)25-33-34-26(39-25)38-14-21(37)32-17-7-5-16(28)6-8-17/h3-9,13,22H,10-11,14,30H2,1-2H3,(H,32,37). The normalized spacial score (nSPS) is 18.6. The number of hydrogen-bond acceptors (Lipinski definition) is 10. The van der Waals surface area contributed by atoms with E-state index >= 15 is 0 Å². The van der Waals surface area contributed by atoms with Crippen LogP contribution in [-0.4, -0.2) is 32.6 Å². The fraction of sp³-hybridized carbons (Fsp3) is 0.259. The average Bonchev–Trinajstić information content (AvgIpc) is 3.36. The number of thioether (sulfide) groups is 1. The van der Waals surface area contributed by atoms with Crippen LogP contribution in [0.5, 0.6) is 0 Å². The van der Waals surface area contributed by atoms with E-state index in [1.807, 2.05) is 19.9 Å². The molecule has 3 N–H and O–H groups in total. The second-order valence-electron chi connectivity index (χ2n) is 9.96. The van der Waals surface area contributed by atoms with Gasteiger partial charge < -0.3 is 11.1 Å². The maximum atomic E-state index is 13.5. The van der Waals surface area contributed by atoms with E-state index < -0.39 is 5.92 Å². The zero-order valence-electron chi connectivity index (χ0n) is 21.1. The van der Waals surface area contributed by atoms with Crippen LogP contribution in [0.4, 0.5) is 15.2 Å². The Balaban J connectivity index is 1.45. The van der Waals surface area contributed by atoms with E-state index in [1.165, 1.54) is 47.4 Å². The van der Waals surface area contributed by atoms with Gasteiger partial charge in [-0.3, -0.25) is 19.5 Å². The second-order valence-corrected chi connectivity index (χ2v) is 12.1. The molecule has 198 valence electrons. The molecule has 0 spiro atoms. The summed E-state index contributed by atoms with van der Waals surface area (Å²) in [6, 6.07) is 11.3. The molecule has 0 saturated heterocycles. The molecule has 1 atom stereocenters. The molecule has 3 aromatic rings. The van der Waals surface area contributed by atoms with Crippen LogP contribution in [0.25, 0.3) is 0 Å². The third-order valence-electron chi connectivity index (χ3n) is 6.44. The second kappa shape index (κ2) is 10.6. The quantitative estimate of drug-likeness (QED) is 0.409. The van der Waals surface area contributed by atoms with Crippen molar-refractivity contribution in [3.63, 3.8) is 0 Å². The van der Waals surface area contributed by atoms with E-state index in [1.54, 1.807) is 23.4 Å². The first-order valence-corrected chi connectivity index (χ1v) is 13.8. The van der Waals surface area contributed by atoms with E-state index in [2.05, 4.69) is 26.6 Å². The largest absolute Gasteiger partial charge is 0.384 e. The summed E-state index contributed by atoms with van der Waals surface area (Å²) in [6.07, 6.45) is 4.18. The number of rotatable bonds is 6. The number of pyridine rings is 1. The molecule has 1 aliphatic carbocycles. The Morgan fingerprint density at radius 3 is 2.74 bits per heavy atom. The van der Waals surface area contributed by atoms with E-state index in [9.17, 15) is 19.2 Å². The van der Waals surface area contributed by atoms with Gasteiger partial charge in [0.15, 0.2) is 10.1 Å². The lowest BCUT2D eigenvalue weighted by molar-refractivity contribution is -0.118. The molecule has 0 saturated carbocycles. The first kappa shape index (κ1) is 26.5. The molecular weight excluding hydrogens is 537 g/mol. The molecule has 1 aliphatic heterocycles. The molecule has 1 aromatic carbocycles. The van der Waals surface area contributed by atoms with Crippen molar-refractivity contribution < 1.29 is 14.0 Å². The highest BCUT2D eigenvalue weighted by Gasteiger charge is 2.45. The number of carbonyl (C=O) groups is 2. The van der Waals surface area contributed by atoms with E-state index in [0.717, 1.165) is 5.56 Å². The maximum Gasteiger partial charge on any atom is 0.234 e. The van der Waals surface area contributed by atoms with Gasteiger partial charge in [-0.15, -0.1) is 10.2 Å². The summed E-state index contributed by atoms with van der Waals surface area (Å²) in [4.78, 5) is 31.8. The van der Waals surface area contributed by atoms with Crippen LogP contribution in [0, 0.1) is 22.6 Å². The van der Waals surface area contributed by atoms with Gasteiger partial charge in [-0.05, 0) is 47.7 Å². The predicted molar refractivity (Wildman–Crippen MR) is 147 cm³/mol. The summed E-state index contributed by atoms with van der Waals surface area (Å²) in [5, 5.41) is 21.8. The summed E-state index contributed by atoms with van der Waals surface area (Å²) >= 11 is 2.41. The first-order chi connectivity index (χ1) is 18.7. The van der Waals surface area contributed by atoms with Gasteiger partial charge in [-0.1, -0.05) is 43.0 Å². The van der Waals surface area contributed by atoms with Gasteiger partial charge in [0.25, 0.3) is 0 Å². The minimum Gasteiger partial charge on any atom is -0.384 e. The van der Waals surface area contributed by atoms with Gasteiger partial charge in [0.1, 0.15) is 11.6 Å². The third-order valence-corrected chi connectivity index (χ3v) is 8.48. The van der Waals surface area contributed by atoms with Crippen molar-refractivity contribution in [1.82, 2.24) is 15.2 Å². The number of ketones is 1. The number of nitrogens with zero attached hydrogens (tertiary/aromatic N) is 5. The minimum absolute atomic E-state index is 0.0445. The van der Waals surface area contributed by atoms with Gasteiger partial charge in [0.05, 0.1) is 23.3 Å². The minimum atomic E-state index is -0.615. The number of nitriles is 1. The number of aromatic nitrogens is 3. The van der Waals surface area contributed by atoms with Crippen molar-refractivity contribution in [2.45, 2.75) is 36.9 Å². The van der Waals surface area contributed by atoms with Gasteiger partial charge in [-0.25, -0.2) is 4.39 Å². The highest BCUT2D eigenvalue weighted by molar-refractivity contribution is 8.01. The zero-order valence-corrected chi connectivity index (χ0v) is 22.8. The molecule has 1 amide bonds. The molecule has 1 unspecified atom stereocenters. The summed E-state index contributed by atoms with van der Waals surface area (Å²) in [5.74, 6) is -1.08. The van der Waals surface area contributed by atoms with Gasteiger partial charge in [-0.2, -0.15) is 5.26 Å². The number of nitrogens with one attached hydrogen (secondary N) is 1. The number of halogens is 1. The Morgan fingerprint density at radius 2 is 2.05 bits per heavy atom. The molecule has 9 nitrogen and oxygen atoms in total.